The molecule has 1 aliphatic heterocycles. The summed E-state index contributed by atoms with van der Waals surface area (Å²) in [6, 6.07) is 1.03. The van der Waals surface area contributed by atoms with Crippen molar-refractivity contribution in [3.05, 3.63) is 22.7 Å². The van der Waals surface area contributed by atoms with Crippen LogP contribution in [0.4, 0.5) is 24.2 Å². The van der Waals surface area contributed by atoms with Crippen LogP contribution in [0.5, 0.6) is 0 Å². The van der Waals surface area contributed by atoms with Gasteiger partial charge in [-0.1, -0.05) is 0 Å². The molecule has 1 amide bonds. The SMILES string of the molecule is CC(C)(C)OC(=O)Nc1ccn([C@@H]2O[C@H](COC(=O)COCC(=O)O)[C@@H](OC(=O)OC(C)(C)C)C2(F)F)c(=O)n1. The molecule has 15 nitrogen and oxygen atoms in total. The first-order chi connectivity index (χ1) is 18.3. The van der Waals surface area contributed by atoms with Crippen LogP contribution in [0, 0.1) is 0 Å². The van der Waals surface area contributed by atoms with Crippen molar-refractivity contribution in [3.8, 4) is 0 Å². The fourth-order valence-electron chi connectivity index (χ4n) is 3.13. The Kier molecular flexibility index (Phi) is 10.1. The van der Waals surface area contributed by atoms with Crippen molar-refractivity contribution in [3.63, 3.8) is 0 Å². The Hall–Kier alpha value is -3.86. The third-order valence-electron chi connectivity index (χ3n) is 4.53. The number of carbonyl (C=O) groups is 4. The van der Waals surface area contributed by atoms with E-state index in [-0.39, 0.29) is 5.82 Å². The lowest BCUT2D eigenvalue weighted by molar-refractivity contribution is -0.158. The molecule has 0 saturated carbocycles. The molecule has 2 heterocycles. The van der Waals surface area contributed by atoms with Crippen LogP contribution < -0.4 is 11.0 Å². The third-order valence-corrected chi connectivity index (χ3v) is 4.53. The van der Waals surface area contributed by atoms with Crippen molar-refractivity contribution in [1.82, 2.24) is 9.55 Å². The van der Waals surface area contributed by atoms with Crippen LogP contribution in [0.2, 0.25) is 0 Å². The van der Waals surface area contributed by atoms with Gasteiger partial charge < -0.3 is 33.5 Å². The summed E-state index contributed by atoms with van der Waals surface area (Å²) in [4.78, 5) is 62.6. The van der Waals surface area contributed by atoms with Crippen LogP contribution in [0.3, 0.4) is 0 Å². The molecule has 3 atom stereocenters. The number of rotatable bonds is 9. The van der Waals surface area contributed by atoms with Crippen LogP contribution in [0.1, 0.15) is 47.8 Å². The fraction of sp³-hybridized carbons (Fsp3) is 0.652. The van der Waals surface area contributed by atoms with E-state index in [9.17, 15) is 24.0 Å². The van der Waals surface area contributed by atoms with E-state index in [1.54, 1.807) is 20.8 Å². The van der Waals surface area contributed by atoms with Gasteiger partial charge in [0.2, 0.25) is 12.3 Å². The normalized spacial score (nSPS) is 20.4. The highest BCUT2D eigenvalue weighted by Gasteiger charge is 2.63. The first-order valence-corrected chi connectivity index (χ1v) is 11.8. The van der Waals surface area contributed by atoms with Crippen molar-refractivity contribution >= 4 is 30.0 Å². The van der Waals surface area contributed by atoms with E-state index in [1.807, 2.05) is 0 Å². The van der Waals surface area contributed by atoms with Gasteiger partial charge in [-0.25, -0.2) is 24.0 Å². The first kappa shape index (κ1) is 32.4. The molecule has 1 saturated heterocycles. The summed E-state index contributed by atoms with van der Waals surface area (Å²) in [7, 11) is 0. The number of nitrogens with zero attached hydrogens (tertiary/aromatic N) is 2. The molecule has 0 aromatic carbocycles. The number of alkyl halides is 2. The van der Waals surface area contributed by atoms with Crippen molar-refractivity contribution < 1.29 is 61.5 Å². The molecule has 0 aliphatic carbocycles. The number of amides is 1. The number of anilines is 1. The van der Waals surface area contributed by atoms with E-state index in [0.717, 1.165) is 12.3 Å². The molecule has 1 fully saturated rings. The summed E-state index contributed by atoms with van der Waals surface area (Å²) in [5.41, 5.74) is -3.23. The van der Waals surface area contributed by atoms with E-state index in [4.69, 9.17) is 28.8 Å². The van der Waals surface area contributed by atoms with Gasteiger partial charge >= 0.3 is 35.8 Å². The van der Waals surface area contributed by atoms with Gasteiger partial charge in [0, 0.05) is 6.20 Å². The van der Waals surface area contributed by atoms with Gasteiger partial charge in [-0.2, -0.15) is 13.8 Å². The third kappa shape index (κ3) is 9.71. The molecule has 2 N–H and O–H groups in total. The Morgan fingerprint density at radius 1 is 1.10 bits per heavy atom. The average Bonchev–Trinajstić information content (AvgIpc) is 2.99. The predicted molar refractivity (Wildman–Crippen MR) is 128 cm³/mol. The molecular weight excluding hydrogens is 548 g/mol. The van der Waals surface area contributed by atoms with Crippen LogP contribution in [-0.4, -0.2) is 88.0 Å². The van der Waals surface area contributed by atoms with Gasteiger partial charge in [-0.3, -0.25) is 9.88 Å². The molecule has 0 unspecified atom stereocenters. The zero-order valence-corrected chi connectivity index (χ0v) is 22.6. The molecule has 1 aliphatic rings. The number of carbonyl (C=O) groups excluding carboxylic acids is 3. The number of nitrogens with one attached hydrogen (secondary N) is 1. The number of ether oxygens (including phenoxy) is 6. The lowest BCUT2D eigenvalue weighted by atomic mass is 10.1. The molecule has 0 spiro atoms. The molecule has 224 valence electrons. The second-order valence-corrected chi connectivity index (χ2v) is 10.4. The smallest absolute Gasteiger partial charge is 0.480 e. The molecule has 1 aromatic rings. The maximum absolute atomic E-state index is 15.5. The van der Waals surface area contributed by atoms with E-state index >= 15 is 8.78 Å². The lowest BCUT2D eigenvalue weighted by Gasteiger charge is -2.26. The Balaban J connectivity index is 2.26. The van der Waals surface area contributed by atoms with Crippen LogP contribution in [0.15, 0.2) is 17.1 Å². The van der Waals surface area contributed by atoms with Crippen LogP contribution in [-0.2, 0) is 38.0 Å². The van der Waals surface area contributed by atoms with Crippen LogP contribution >= 0.6 is 0 Å². The number of esters is 1. The molecule has 0 radical (unpaired) electrons. The van der Waals surface area contributed by atoms with Gasteiger partial charge in [0.15, 0.2) is 0 Å². The summed E-state index contributed by atoms with van der Waals surface area (Å²) in [5, 5.41) is 10.7. The molecule has 17 heteroatoms. The topological polar surface area (TPSA) is 191 Å². The van der Waals surface area contributed by atoms with E-state index in [2.05, 4.69) is 15.0 Å². The summed E-state index contributed by atoms with van der Waals surface area (Å²) in [6.45, 7) is 6.69. The standard InChI is InChI=1S/C23H31F2N3O12/c1-21(2,3)39-19(33)27-13-7-8-28(18(32)26-13)17-23(24,25)16(38-20(34)40-22(4,5)6)12(37-17)9-36-15(31)11-35-10-14(29)30/h7-8,12,16-17H,9-11H2,1-6H3,(H,29,30)(H,26,27,32,33)/t12-,16-,17-/m1/s1. The Labute approximate surface area is 226 Å². The highest BCUT2D eigenvalue weighted by molar-refractivity contribution is 5.83. The summed E-state index contributed by atoms with van der Waals surface area (Å²) < 4.78 is 60.9. The first-order valence-electron chi connectivity index (χ1n) is 11.8. The molecule has 2 rings (SSSR count). The largest absolute Gasteiger partial charge is 0.509 e. The zero-order chi connectivity index (χ0) is 30.5. The second kappa shape index (κ2) is 12.5. The average molecular weight is 580 g/mol. The van der Waals surface area contributed by atoms with Gasteiger partial charge in [0.25, 0.3) is 0 Å². The van der Waals surface area contributed by atoms with Gasteiger partial charge in [-0.15, -0.1) is 0 Å². The second-order valence-electron chi connectivity index (χ2n) is 10.4. The summed E-state index contributed by atoms with van der Waals surface area (Å²) in [6.07, 6.45) is -8.15. The minimum absolute atomic E-state index is 0.301. The van der Waals surface area contributed by atoms with Gasteiger partial charge in [0.05, 0.1) is 0 Å². The minimum Gasteiger partial charge on any atom is -0.480 e. The minimum atomic E-state index is -4.08. The number of aliphatic carboxylic acids is 1. The Morgan fingerprint density at radius 3 is 2.27 bits per heavy atom. The number of carboxylic acids is 1. The number of aromatic nitrogens is 2. The van der Waals surface area contributed by atoms with Crippen molar-refractivity contribution in [1.29, 1.82) is 0 Å². The number of hydrogen-bond acceptors (Lipinski definition) is 12. The quantitative estimate of drug-likeness (QED) is 0.320. The number of carboxylic acid groups (broad SMARTS) is 1. The number of halogens is 2. The lowest BCUT2D eigenvalue weighted by Crippen LogP contribution is -2.45. The zero-order valence-electron chi connectivity index (χ0n) is 22.6. The van der Waals surface area contributed by atoms with E-state index in [0.29, 0.717) is 4.57 Å². The Morgan fingerprint density at radius 2 is 1.73 bits per heavy atom. The highest BCUT2D eigenvalue weighted by Crippen LogP contribution is 2.44. The number of hydrogen-bond donors (Lipinski definition) is 2. The predicted octanol–water partition coefficient (Wildman–Crippen LogP) is 2.09. The monoisotopic (exact) mass is 579 g/mol. The molecule has 40 heavy (non-hydrogen) atoms. The van der Waals surface area contributed by atoms with E-state index in [1.165, 1.54) is 20.8 Å². The van der Waals surface area contributed by atoms with Gasteiger partial charge in [0.1, 0.15) is 42.9 Å². The molecule has 0 bridgehead atoms. The van der Waals surface area contributed by atoms with Crippen molar-refractivity contribution in [2.45, 2.75) is 77.1 Å². The fourth-order valence-corrected chi connectivity index (χ4v) is 3.13. The van der Waals surface area contributed by atoms with E-state index < -0.39 is 85.3 Å². The highest BCUT2D eigenvalue weighted by atomic mass is 19.3. The maximum Gasteiger partial charge on any atom is 0.509 e. The molecule has 1 aromatic heterocycles. The maximum atomic E-state index is 15.5. The summed E-state index contributed by atoms with van der Waals surface area (Å²) >= 11 is 0. The summed E-state index contributed by atoms with van der Waals surface area (Å²) in [5.74, 6) is -6.86. The van der Waals surface area contributed by atoms with Crippen LogP contribution in [0.25, 0.3) is 0 Å². The van der Waals surface area contributed by atoms with Crippen molar-refractivity contribution in [2.24, 2.45) is 0 Å². The van der Waals surface area contributed by atoms with Gasteiger partial charge in [-0.05, 0) is 47.6 Å². The molecular formula is C23H31F2N3O12. The van der Waals surface area contributed by atoms with Crippen molar-refractivity contribution in [2.75, 3.05) is 25.1 Å². The Bertz CT molecular complexity index is 1160.